The maximum absolute atomic E-state index is 13.2. The molecule has 3 aromatic rings. The maximum atomic E-state index is 13.2. The van der Waals surface area contributed by atoms with Gasteiger partial charge in [0, 0.05) is 72.4 Å². The van der Waals surface area contributed by atoms with E-state index in [0.29, 0.717) is 18.0 Å². The zero-order chi connectivity index (χ0) is 24.1. The van der Waals surface area contributed by atoms with Crippen molar-refractivity contribution in [1.29, 1.82) is 0 Å². The molecule has 0 bridgehead atoms. The highest BCUT2D eigenvalue weighted by Gasteiger charge is 2.35. The third kappa shape index (κ3) is 4.12. The molecule has 2 fully saturated rings. The predicted octanol–water partition coefficient (Wildman–Crippen LogP) is 4.80. The molecule has 7 nitrogen and oxygen atoms in total. The highest BCUT2D eigenvalue weighted by molar-refractivity contribution is 7.19. The van der Waals surface area contributed by atoms with Crippen LogP contribution in [0, 0.1) is 0 Å². The topological polar surface area (TPSA) is 66.0 Å². The van der Waals surface area contributed by atoms with Gasteiger partial charge in [0.15, 0.2) is 6.10 Å². The number of piperidine rings is 1. The molecule has 9 heteroatoms. The van der Waals surface area contributed by atoms with Crippen LogP contribution in [-0.4, -0.2) is 71.0 Å². The van der Waals surface area contributed by atoms with Gasteiger partial charge >= 0.3 is 6.03 Å². The standard InChI is InChI=1S/C26H27ClN4O3S/c1-29-9-10-31(26(29)33)15-18-14-21-24(35-18)19(5-6-28-21)20-13-17(27)11-16-12-22(34-23(16)20)25(32)30-7-3-2-4-8-30/h5-6,11,13-14,22H,2-4,7-10,12,15H2,1H3/t22-/m1/s1. The maximum Gasteiger partial charge on any atom is 0.320 e. The first kappa shape index (κ1) is 22.6. The molecule has 0 unspecified atom stereocenters. The number of likely N-dealkylation sites (N-methyl/N-ethyl adjacent to an activating group) is 1. The Kier molecular flexibility index (Phi) is 5.81. The Hall–Kier alpha value is -2.84. The lowest BCUT2D eigenvalue weighted by molar-refractivity contribution is -0.138. The van der Waals surface area contributed by atoms with Crippen molar-refractivity contribution in [1.82, 2.24) is 19.7 Å². The number of rotatable bonds is 4. The zero-order valence-corrected chi connectivity index (χ0v) is 21.2. The zero-order valence-electron chi connectivity index (χ0n) is 19.6. The Balaban J connectivity index is 1.32. The Labute approximate surface area is 213 Å². The van der Waals surface area contributed by atoms with Crippen molar-refractivity contribution < 1.29 is 14.3 Å². The molecule has 0 aliphatic carbocycles. The molecule has 3 amide bonds. The van der Waals surface area contributed by atoms with E-state index in [1.54, 1.807) is 22.4 Å². The SMILES string of the molecule is CN1CCN(Cc2cc3nccc(-c4cc(Cl)cc5c4O[C@@H](C(=O)N4CCCCC4)C5)c3s2)C1=O. The number of thiophene rings is 1. The molecule has 1 aromatic carbocycles. The van der Waals surface area contributed by atoms with Crippen molar-refractivity contribution in [2.24, 2.45) is 0 Å². The number of nitrogens with zero attached hydrogens (tertiary/aromatic N) is 4. The molecule has 2 aromatic heterocycles. The summed E-state index contributed by atoms with van der Waals surface area (Å²) in [7, 11) is 1.83. The van der Waals surface area contributed by atoms with E-state index in [-0.39, 0.29) is 11.9 Å². The van der Waals surface area contributed by atoms with Gasteiger partial charge in [0.2, 0.25) is 0 Å². The Morgan fingerprint density at radius 3 is 2.74 bits per heavy atom. The van der Waals surface area contributed by atoms with Crippen LogP contribution < -0.4 is 4.74 Å². The van der Waals surface area contributed by atoms with Crippen LogP contribution in [0.15, 0.2) is 30.5 Å². The van der Waals surface area contributed by atoms with Crippen molar-refractivity contribution in [2.45, 2.75) is 38.3 Å². The van der Waals surface area contributed by atoms with E-state index in [4.69, 9.17) is 16.3 Å². The molecule has 0 N–H and O–H groups in total. The smallest absolute Gasteiger partial charge is 0.320 e. The number of ether oxygens (including phenoxy) is 1. The van der Waals surface area contributed by atoms with E-state index in [2.05, 4.69) is 11.1 Å². The summed E-state index contributed by atoms with van der Waals surface area (Å²) in [6.07, 6.45) is 5.11. The number of hydrogen-bond acceptors (Lipinski definition) is 5. The van der Waals surface area contributed by atoms with Gasteiger partial charge in [-0.25, -0.2) is 4.79 Å². The second kappa shape index (κ2) is 8.99. The molecule has 3 aliphatic rings. The minimum Gasteiger partial charge on any atom is -0.479 e. The number of carbonyl (C=O) groups excluding carboxylic acids is 2. The molecule has 182 valence electrons. The summed E-state index contributed by atoms with van der Waals surface area (Å²) in [5, 5.41) is 0.626. The molecule has 6 rings (SSSR count). The molecule has 3 aliphatic heterocycles. The van der Waals surface area contributed by atoms with E-state index >= 15 is 0 Å². The highest BCUT2D eigenvalue weighted by atomic mass is 35.5. The summed E-state index contributed by atoms with van der Waals surface area (Å²) in [6, 6.07) is 7.93. The minimum atomic E-state index is -0.505. The fourth-order valence-electron chi connectivity index (χ4n) is 5.30. The number of amides is 3. The average Bonchev–Trinajstić information content (AvgIpc) is 3.56. The number of carbonyl (C=O) groups is 2. The molecular formula is C26H27ClN4O3S. The van der Waals surface area contributed by atoms with Crippen LogP contribution in [0.3, 0.4) is 0 Å². The summed E-state index contributed by atoms with van der Waals surface area (Å²) in [5.74, 6) is 0.810. The lowest BCUT2D eigenvalue weighted by Crippen LogP contribution is -2.43. The minimum absolute atomic E-state index is 0.0566. The molecule has 0 saturated carbocycles. The van der Waals surface area contributed by atoms with Gasteiger partial charge in [-0.05, 0) is 43.5 Å². The number of aromatic nitrogens is 1. The van der Waals surface area contributed by atoms with Crippen LogP contribution in [0.1, 0.15) is 29.7 Å². The number of pyridine rings is 1. The fraction of sp³-hybridized carbons (Fsp3) is 0.423. The van der Waals surface area contributed by atoms with Crippen molar-refractivity contribution >= 4 is 45.1 Å². The summed E-state index contributed by atoms with van der Waals surface area (Å²) >= 11 is 8.18. The molecule has 0 radical (unpaired) electrons. The van der Waals surface area contributed by atoms with Crippen LogP contribution in [0.5, 0.6) is 5.75 Å². The van der Waals surface area contributed by atoms with Gasteiger partial charge in [-0.2, -0.15) is 0 Å². The first-order valence-electron chi connectivity index (χ1n) is 12.1. The van der Waals surface area contributed by atoms with E-state index in [0.717, 1.165) is 76.6 Å². The van der Waals surface area contributed by atoms with Crippen LogP contribution >= 0.6 is 22.9 Å². The van der Waals surface area contributed by atoms with Gasteiger partial charge in [0.25, 0.3) is 5.91 Å². The second-order valence-corrected chi connectivity index (χ2v) is 11.1. The van der Waals surface area contributed by atoms with Crippen LogP contribution in [0.4, 0.5) is 4.79 Å². The molecule has 2 saturated heterocycles. The van der Waals surface area contributed by atoms with Crippen LogP contribution in [0.2, 0.25) is 5.02 Å². The Morgan fingerprint density at radius 2 is 1.97 bits per heavy atom. The van der Waals surface area contributed by atoms with E-state index < -0.39 is 6.10 Å². The monoisotopic (exact) mass is 510 g/mol. The number of benzene rings is 1. The van der Waals surface area contributed by atoms with Gasteiger partial charge in [0.1, 0.15) is 5.75 Å². The highest BCUT2D eigenvalue weighted by Crippen LogP contribution is 2.45. The van der Waals surface area contributed by atoms with Gasteiger partial charge in [-0.3, -0.25) is 9.78 Å². The number of halogens is 1. The van der Waals surface area contributed by atoms with Crippen LogP contribution in [-0.2, 0) is 17.8 Å². The number of likely N-dealkylation sites (tertiary alicyclic amines) is 1. The number of urea groups is 1. The van der Waals surface area contributed by atoms with E-state index in [1.807, 2.05) is 35.0 Å². The van der Waals surface area contributed by atoms with Gasteiger partial charge in [-0.15, -0.1) is 11.3 Å². The fourth-order valence-corrected chi connectivity index (χ4v) is 6.69. The summed E-state index contributed by atoms with van der Waals surface area (Å²) in [6.45, 7) is 3.66. The molecule has 1 atom stereocenters. The quantitative estimate of drug-likeness (QED) is 0.505. The normalized spacial score (nSPS) is 20.0. The van der Waals surface area contributed by atoms with Gasteiger partial charge < -0.3 is 19.4 Å². The molecule has 5 heterocycles. The van der Waals surface area contributed by atoms with Gasteiger partial charge in [-0.1, -0.05) is 11.6 Å². The number of fused-ring (bicyclic) bond motifs is 2. The van der Waals surface area contributed by atoms with Crippen molar-refractivity contribution in [3.63, 3.8) is 0 Å². The predicted molar refractivity (Wildman–Crippen MR) is 137 cm³/mol. The third-order valence-corrected chi connectivity index (χ3v) is 8.50. The van der Waals surface area contributed by atoms with Crippen molar-refractivity contribution in [2.75, 3.05) is 33.2 Å². The largest absolute Gasteiger partial charge is 0.479 e. The lowest BCUT2D eigenvalue weighted by atomic mass is 10.0. The first-order valence-corrected chi connectivity index (χ1v) is 13.3. The van der Waals surface area contributed by atoms with Crippen molar-refractivity contribution in [3.05, 3.63) is 45.9 Å². The summed E-state index contributed by atoms with van der Waals surface area (Å²) in [4.78, 5) is 36.7. The first-order chi connectivity index (χ1) is 17.0. The molecule has 35 heavy (non-hydrogen) atoms. The van der Waals surface area contributed by atoms with Gasteiger partial charge in [0.05, 0.1) is 16.8 Å². The van der Waals surface area contributed by atoms with Crippen LogP contribution in [0.25, 0.3) is 21.3 Å². The Morgan fingerprint density at radius 1 is 1.14 bits per heavy atom. The second-order valence-electron chi connectivity index (χ2n) is 9.55. The lowest BCUT2D eigenvalue weighted by Gasteiger charge is -2.28. The van der Waals surface area contributed by atoms with E-state index in [1.165, 1.54) is 6.42 Å². The summed E-state index contributed by atoms with van der Waals surface area (Å²) < 4.78 is 7.36. The molecule has 0 spiro atoms. The third-order valence-electron chi connectivity index (χ3n) is 7.14. The Bertz CT molecular complexity index is 1320. The average molecular weight is 511 g/mol. The summed E-state index contributed by atoms with van der Waals surface area (Å²) in [5.41, 5.74) is 3.73. The molecular weight excluding hydrogens is 484 g/mol. The van der Waals surface area contributed by atoms with E-state index in [9.17, 15) is 9.59 Å². The van der Waals surface area contributed by atoms with Crippen molar-refractivity contribution in [3.8, 4) is 16.9 Å². The number of hydrogen-bond donors (Lipinski definition) is 0.